The maximum absolute atomic E-state index is 12.9. The number of carbonyl (C=O) groups excluding carboxylic acids is 3. The lowest BCUT2D eigenvalue weighted by Gasteiger charge is -2.18. The van der Waals surface area contributed by atoms with E-state index in [9.17, 15) is 14.4 Å². The maximum Gasteiger partial charge on any atom is 0.306 e. The van der Waals surface area contributed by atoms with Crippen LogP contribution in [0.2, 0.25) is 0 Å². The lowest BCUT2D eigenvalue weighted by molar-refractivity contribution is -0.167. The highest BCUT2D eigenvalue weighted by atomic mass is 16.6. The van der Waals surface area contributed by atoms with Gasteiger partial charge in [-0.25, -0.2) is 0 Å². The Kier molecular flexibility index (Phi) is 65.7. The number of unbranched alkanes of at least 4 members (excludes halogenated alkanes) is 36. The minimum atomic E-state index is -0.783. The van der Waals surface area contributed by atoms with Gasteiger partial charge in [-0.1, -0.05) is 323 Å². The molecule has 0 amide bonds. The zero-order valence-electron chi connectivity index (χ0n) is 53.5. The van der Waals surface area contributed by atoms with Crippen LogP contribution >= 0.6 is 0 Å². The highest BCUT2D eigenvalue weighted by Crippen LogP contribution is 2.17. The second-order valence-corrected chi connectivity index (χ2v) is 23.0. The van der Waals surface area contributed by atoms with Gasteiger partial charge in [-0.15, -0.1) is 0 Å². The number of hydrogen-bond acceptors (Lipinski definition) is 6. The first-order valence-corrected chi connectivity index (χ1v) is 34.7. The van der Waals surface area contributed by atoms with Crippen LogP contribution in [0.4, 0.5) is 0 Å². The van der Waals surface area contributed by atoms with Crippen LogP contribution < -0.4 is 0 Å². The van der Waals surface area contributed by atoms with Crippen molar-refractivity contribution < 1.29 is 28.6 Å². The van der Waals surface area contributed by atoms with E-state index in [1.165, 1.54) is 186 Å². The van der Waals surface area contributed by atoms with Crippen LogP contribution in [-0.4, -0.2) is 37.2 Å². The quantitative estimate of drug-likeness (QED) is 0.0261. The normalized spacial score (nSPS) is 12.7. The zero-order chi connectivity index (χ0) is 58.5. The van der Waals surface area contributed by atoms with Crippen LogP contribution in [0, 0.1) is 0 Å². The van der Waals surface area contributed by atoms with Gasteiger partial charge < -0.3 is 14.2 Å². The molecule has 0 N–H and O–H groups in total. The Labute approximate surface area is 502 Å². The second-order valence-electron chi connectivity index (χ2n) is 23.0. The highest BCUT2D eigenvalue weighted by Gasteiger charge is 2.19. The number of allylic oxidation sites excluding steroid dienone is 16. The van der Waals surface area contributed by atoms with Crippen LogP contribution in [0.25, 0.3) is 0 Å². The molecule has 0 fully saturated rings. The third-order valence-corrected chi connectivity index (χ3v) is 15.1. The number of ether oxygens (including phenoxy) is 3. The van der Waals surface area contributed by atoms with E-state index in [-0.39, 0.29) is 31.1 Å². The minimum Gasteiger partial charge on any atom is -0.462 e. The predicted molar refractivity (Wildman–Crippen MR) is 353 cm³/mol. The summed E-state index contributed by atoms with van der Waals surface area (Å²) in [5.74, 6) is -0.871. The molecule has 0 rings (SSSR count). The van der Waals surface area contributed by atoms with E-state index in [1.807, 2.05) is 0 Å². The first kappa shape index (κ1) is 77.3. The fourth-order valence-corrected chi connectivity index (χ4v) is 9.96. The van der Waals surface area contributed by atoms with E-state index in [1.54, 1.807) is 0 Å². The molecule has 6 heteroatoms. The van der Waals surface area contributed by atoms with E-state index < -0.39 is 6.10 Å². The van der Waals surface area contributed by atoms with Gasteiger partial charge in [-0.05, 0) is 96.3 Å². The number of esters is 3. The zero-order valence-corrected chi connectivity index (χ0v) is 53.5. The van der Waals surface area contributed by atoms with E-state index >= 15 is 0 Å². The first-order chi connectivity index (χ1) is 40.0. The summed E-state index contributed by atoms with van der Waals surface area (Å²) in [5.41, 5.74) is 0. The monoisotopic (exact) mass is 1130 g/mol. The van der Waals surface area contributed by atoms with Gasteiger partial charge >= 0.3 is 17.9 Å². The molecule has 0 aromatic carbocycles. The fraction of sp³-hybridized carbons (Fsp3) is 0.747. The topological polar surface area (TPSA) is 78.9 Å². The van der Waals surface area contributed by atoms with Crippen molar-refractivity contribution in [3.8, 4) is 0 Å². The molecule has 0 radical (unpaired) electrons. The molecule has 1 unspecified atom stereocenters. The standard InChI is InChI=1S/C75H130O6/c1-4-7-10-13-16-19-22-25-28-31-32-33-34-35-36-37-38-39-40-41-42-45-47-50-53-56-59-62-65-68-74(77)80-71-72(81-75(78)69-66-63-60-57-54-51-48-44-30-27-24-21-18-15-12-9-6-3)70-79-73(76)67-64-61-58-55-52-49-46-43-29-26-23-20-17-14-11-8-5-2/h7,9-10,12,16,18-19,21,25,27-28,30,32-33,35-36,72H,4-6,8,11,13-15,17,20,22-24,26,29,31,34,37-71H2,1-3H3/b10-7-,12-9-,19-16-,21-18-,28-25-,30-27-,33-32-,36-35-. The van der Waals surface area contributed by atoms with Gasteiger partial charge in [-0.3, -0.25) is 14.4 Å². The van der Waals surface area contributed by atoms with Crippen LogP contribution in [0.5, 0.6) is 0 Å². The van der Waals surface area contributed by atoms with Crippen molar-refractivity contribution >= 4 is 17.9 Å². The Morgan fingerprint density at radius 3 is 0.753 bits per heavy atom. The van der Waals surface area contributed by atoms with Crippen molar-refractivity contribution in [3.63, 3.8) is 0 Å². The largest absolute Gasteiger partial charge is 0.462 e. The van der Waals surface area contributed by atoms with Crippen molar-refractivity contribution in [2.45, 2.75) is 348 Å². The third-order valence-electron chi connectivity index (χ3n) is 15.1. The molecule has 0 aromatic rings. The smallest absolute Gasteiger partial charge is 0.306 e. The molecule has 81 heavy (non-hydrogen) atoms. The average Bonchev–Trinajstić information content (AvgIpc) is 3.47. The van der Waals surface area contributed by atoms with E-state index in [2.05, 4.69) is 118 Å². The SMILES string of the molecule is CC/C=C\C/C=C\C/C=C\C/C=C\C/C=C\CCCCCCCCCCCCCCCC(=O)OCC(COC(=O)CCCCCCCCCCCCCCCCCCC)OC(=O)CCCCCCCCC/C=C\C/C=C\C/C=C\CC. The summed E-state index contributed by atoms with van der Waals surface area (Å²) < 4.78 is 17.0. The molecule has 0 saturated heterocycles. The van der Waals surface area contributed by atoms with Crippen LogP contribution in [0.3, 0.4) is 0 Å². The van der Waals surface area contributed by atoms with Crippen LogP contribution in [0.15, 0.2) is 97.2 Å². The molecule has 0 saturated carbocycles. The first-order valence-electron chi connectivity index (χ1n) is 34.7. The lowest BCUT2D eigenvalue weighted by atomic mass is 10.0. The summed E-state index contributed by atoms with van der Waals surface area (Å²) in [4.78, 5) is 38.4. The van der Waals surface area contributed by atoms with Gasteiger partial charge in [0.25, 0.3) is 0 Å². The molecule has 0 aliphatic rings. The summed E-state index contributed by atoms with van der Waals surface area (Å²) in [7, 11) is 0. The fourth-order valence-electron chi connectivity index (χ4n) is 9.96. The molecular weight excluding hydrogens is 997 g/mol. The molecule has 0 aromatic heterocycles. The van der Waals surface area contributed by atoms with Crippen molar-refractivity contribution in [1.29, 1.82) is 0 Å². The Hall–Kier alpha value is -3.67. The number of hydrogen-bond donors (Lipinski definition) is 0. The minimum absolute atomic E-state index is 0.0776. The summed E-state index contributed by atoms with van der Waals surface area (Å²) in [6, 6.07) is 0. The Balaban J connectivity index is 4.29. The maximum atomic E-state index is 12.9. The molecule has 0 heterocycles. The summed E-state index contributed by atoms with van der Waals surface area (Å²) in [6.45, 7) is 6.46. The van der Waals surface area contributed by atoms with E-state index in [0.29, 0.717) is 19.3 Å². The van der Waals surface area contributed by atoms with E-state index in [0.717, 1.165) is 116 Å². The van der Waals surface area contributed by atoms with E-state index in [4.69, 9.17) is 14.2 Å². The number of rotatable bonds is 63. The van der Waals surface area contributed by atoms with Gasteiger partial charge in [0.05, 0.1) is 0 Å². The summed E-state index contributed by atoms with van der Waals surface area (Å²) in [5, 5.41) is 0. The predicted octanol–water partition coefficient (Wildman–Crippen LogP) is 24.0. The van der Waals surface area contributed by atoms with Gasteiger partial charge in [0.15, 0.2) is 6.10 Å². The van der Waals surface area contributed by atoms with Crippen molar-refractivity contribution in [3.05, 3.63) is 97.2 Å². The molecule has 6 nitrogen and oxygen atoms in total. The molecule has 0 bridgehead atoms. The van der Waals surface area contributed by atoms with Gasteiger partial charge in [-0.2, -0.15) is 0 Å². The molecule has 1 atom stereocenters. The van der Waals surface area contributed by atoms with Crippen molar-refractivity contribution in [2.75, 3.05) is 13.2 Å². The second kappa shape index (κ2) is 68.8. The third kappa shape index (κ3) is 67.0. The Morgan fingerprint density at radius 1 is 0.259 bits per heavy atom. The van der Waals surface area contributed by atoms with Gasteiger partial charge in [0, 0.05) is 19.3 Å². The molecule has 0 aliphatic carbocycles. The van der Waals surface area contributed by atoms with Crippen molar-refractivity contribution in [2.24, 2.45) is 0 Å². The van der Waals surface area contributed by atoms with Gasteiger partial charge in [0.1, 0.15) is 13.2 Å². The molecular formula is C75H130O6. The Bertz CT molecular complexity index is 1580. The average molecular weight is 1130 g/mol. The summed E-state index contributed by atoms with van der Waals surface area (Å²) in [6.07, 6.45) is 92.8. The number of carbonyl (C=O) groups is 3. The van der Waals surface area contributed by atoms with Crippen molar-refractivity contribution in [1.82, 2.24) is 0 Å². The summed E-state index contributed by atoms with van der Waals surface area (Å²) >= 11 is 0. The molecule has 466 valence electrons. The molecule has 0 spiro atoms. The lowest BCUT2D eigenvalue weighted by Crippen LogP contribution is -2.30. The molecule has 0 aliphatic heterocycles. The van der Waals surface area contributed by atoms with Crippen LogP contribution in [-0.2, 0) is 28.6 Å². The highest BCUT2D eigenvalue weighted by molar-refractivity contribution is 5.71. The Morgan fingerprint density at radius 2 is 0.481 bits per heavy atom. The van der Waals surface area contributed by atoms with Gasteiger partial charge in [0.2, 0.25) is 0 Å². The van der Waals surface area contributed by atoms with Crippen LogP contribution in [0.1, 0.15) is 342 Å².